The highest BCUT2D eigenvalue weighted by molar-refractivity contribution is 5.96. The number of rotatable bonds is 6. The largest absolute Gasteiger partial charge is 0.477 e. The highest BCUT2D eigenvalue weighted by atomic mass is 16.5. The Morgan fingerprint density at radius 3 is 2.85 bits per heavy atom. The first-order valence-electron chi connectivity index (χ1n) is 9.08. The maximum absolute atomic E-state index is 13.1. The molecule has 1 fully saturated rings. The van der Waals surface area contributed by atoms with E-state index in [1.165, 1.54) is 5.56 Å². The zero-order chi connectivity index (χ0) is 18.5. The molecule has 6 heteroatoms. The summed E-state index contributed by atoms with van der Waals surface area (Å²) in [5.41, 5.74) is 2.63. The van der Waals surface area contributed by atoms with Gasteiger partial charge in [-0.3, -0.25) is 9.78 Å². The number of aromatic nitrogens is 2. The van der Waals surface area contributed by atoms with Crippen molar-refractivity contribution in [1.29, 1.82) is 0 Å². The molecule has 0 radical (unpaired) electrons. The van der Waals surface area contributed by atoms with Gasteiger partial charge in [0.1, 0.15) is 5.56 Å². The number of hydrogen-bond acceptors (Lipinski definition) is 5. The molecule has 1 atom stereocenters. The molecule has 1 saturated heterocycles. The van der Waals surface area contributed by atoms with Crippen LogP contribution in [0.3, 0.4) is 0 Å². The van der Waals surface area contributed by atoms with Crippen molar-refractivity contribution >= 4 is 5.91 Å². The molecule has 3 rings (SSSR count). The molecule has 1 aliphatic heterocycles. The van der Waals surface area contributed by atoms with Crippen molar-refractivity contribution in [1.82, 2.24) is 19.8 Å². The van der Waals surface area contributed by atoms with Gasteiger partial charge < -0.3 is 14.5 Å². The minimum atomic E-state index is -0.0387. The maximum Gasteiger partial charge on any atom is 0.259 e. The van der Waals surface area contributed by atoms with Gasteiger partial charge in [-0.2, -0.15) is 0 Å². The topological polar surface area (TPSA) is 58.6 Å². The summed E-state index contributed by atoms with van der Waals surface area (Å²) in [6.45, 7) is 3.95. The van der Waals surface area contributed by atoms with E-state index in [4.69, 9.17) is 4.74 Å². The first kappa shape index (κ1) is 18.3. The summed E-state index contributed by atoms with van der Waals surface area (Å²) < 4.78 is 5.53. The third-order valence-corrected chi connectivity index (χ3v) is 4.48. The molecule has 3 heterocycles. The van der Waals surface area contributed by atoms with Gasteiger partial charge in [0, 0.05) is 25.5 Å². The van der Waals surface area contributed by atoms with Gasteiger partial charge in [-0.05, 0) is 57.6 Å². The number of hydrogen-bond donors (Lipinski definition) is 0. The van der Waals surface area contributed by atoms with E-state index >= 15 is 0 Å². The van der Waals surface area contributed by atoms with Gasteiger partial charge in [0.05, 0.1) is 18.3 Å². The molecule has 0 aromatic carbocycles. The van der Waals surface area contributed by atoms with E-state index in [1.807, 2.05) is 38.2 Å². The van der Waals surface area contributed by atoms with Crippen LogP contribution in [0.5, 0.6) is 5.88 Å². The highest BCUT2D eigenvalue weighted by Gasteiger charge is 2.33. The van der Waals surface area contributed by atoms with Gasteiger partial charge in [-0.25, -0.2) is 4.98 Å². The molecule has 0 N–H and O–H groups in total. The second-order valence-corrected chi connectivity index (χ2v) is 6.77. The van der Waals surface area contributed by atoms with E-state index in [0.29, 0.717) is 18.1 Å². The van der Waals surface area contributed by atoms with Crippen LogP contribution < -0.4 is 4.74 Å². The summed E-state index contributed by atoms with van der Waals surface area (Å²) in [5, 5.41) is 0. The predicted molar refractivity (Wildman–Crippen MR) is 100 cm³/mol. The number of ether oxygens (including phenoxy) is 1. The van der Waals surface area contributed by atoms with Crippen LogP contribution in [0.15, 0.2) is 36.7 Å². The molecular formula is C20H26N4O2. The van der Waals surface area contributed by atoms with Crippen molar-refractivity contribution in [3.8, 4) is 5.88 Å². The first-order valence-corrected chi connectivity index (χ1v) is 9.08. The molecule has 2 aromatic heterocycles. The second-order valence-electron chi connectivity index (χ2n) is 6.77. The summed E-state index contributed by atoms with van der Waals surface area (Å²) in [4.78, 5) is 26.0. The van der Waals surface area contributed by atoms with Crippen LogP contribution in [0.2, 0.25) is 0 Å². The lowest BCUT2D eigenvalue weighted by Crippen LogP contribution is -2.31. The lowest BCUT2D eigenvalue weighted by atomic mass is 10.1. The zero-order valence-corrected chi connectivity index (χ0v) is 15.7. The molecule has 6 nitrogen and oxygen atoms in total. The number of amides is 1. The van der Waals surface area contributed by atoms with Crippen molar-refractivity contribution in [3.63, 3.8) is 0 Å². The Kier molecular flexibility index (Phi) is 5.83. The number of pyridine rings is 2. The Bertz CT molecular complexity index is 746. The fourth-order valence-electron chi connectivity index (χ4n) is 3.37. The first-order chi connectivity index (χ1) is 12.6. The predicted octanol–water partition coefficient (Wildman–Crippen LogP) is 2.91. The Balaban J connectivity index is 1.81. The fourth-order valence-corrected chi connectivity index (χ4v) is 3.37. The molecular weight excluding hydrogens is 328 g/mol. The average Bonchev–Trinajstić information content (AvgIpc) is 3.12. The van der Waals surface area contributed by atoms with Crippen LogP contribution >= 0.6 is 0 Å². The molecule has 0 saturated carbocycles. The van der Waals surface area contributed by atoms with Gasteiger partial charge in [0.15, 0.2) is 0 Å². The van der Waals surface area contributed by atoms with Crippen LogP contribution in [0, 0.1) is 0 Å². The van der Waals surface area contributed by atoms with E-state index in [1.54, 1.807) is 18.3 Å². The van der Waals surface area contributed by atoms with E-state index in [0.717, 1.165) is 31.6 Å². The molecule has 1 amide bonds. The average molecular weight is 354 g/mol. The van der Waals surface area contributed by atoms with Crippen LogP contribution in [0.25, 0.3) is 0 Å². The van der Waals surface area contributed by atoms with Gasteiger partial charge >= 0.3 is 0 Å². The van der Waals surface area contributed by atoms with Gasteiger partial charge in [-0.1, -0.05) is 6.07 Å². The minimum absolute atomic E-state index is 0.00517. The molecule has 2 aromatic rings. The van der Waals surface area contributed by atoms with Crippen molar-refractivity contribution < 1.29 is 9.53 Å². The Hall–Kier alpha value is -2.47. The lowest BCUT2D eigenvalue weighted by Gasteiger charge is -2.25. The van der Waals surface area contributed by atoms with Crippen LogP contribution in [-0.2, 0) is 6.54 Å². The normalized spacial score (nSPS) is 16.9. The Morgan fingerprint density at radius 2 is 2.15 bits per heavy atom. The summed E-state index contributed by atoms with van der Waals surface area (Å²) >= 11 is 0. The van der Waals surface area contributed by atoms with Crippen molar-refractivity contribution in [2.45, 2.75) is 32.4 Å². The molecule has 1 unspecified atom stereocenters. The summed E-state index contributed by atoms with van der Waals surface area (Å²) in [7, 11) is 4.07. The quantitative estimate of drug-likeness (QED) is 0.798. The second kappa shape index (κ2) is 8.27. The van der Waals surface area contributed by atoms with Crippen LogP contribution in [0.1, 0.15) is 47.4 Å². The third-order valence-electron chi connectivity index (χ3n) is 4.48. The van der Waals surface area contributed by atoms with E-state index < -0.39 is 0 Å². The van der Waals surface area contributed by atoms with E-state index in [9.17, 15) is 4.79 Å². The summed E-state index contributed by atoms with van der Waals surface area (Å²) in [6.07, 6.45) is 5.46. The number of carbonyl (C=O) groups excluding carboxylic acids is 1. The fraction of sp³-hybridized carbons (Fsp3) is 0.450. The standard InChI is InChI=1S/C20H26N4O2/c1-4-26-19-16(7-5-11-21-19)20(25)24-12-6-8-18(24)17-10-9-15(13-22-17)14-23(2)3/h5,7,9-11,13,18H,4,6,8,12,14H2,1-3H3. The van der Waals surface area contributed by atoms with Crippen molar-refractivity contribution in [2.75, 3.05) is 27.2 Å². The molecule has 138 valence electrons. The number of carbonyl (C=O) groups is 1. The molecule has 0 aliphatic carbocycles. The van der Waals surface area contributed by atoms with Gasteiger partial charge in [-0.15, -0.1) is 0 Å². The molecule has 26 heavy (non-hydrogen) atoms. The Labute approximate surface area is 154 Å². The van der Waals surface area contributed by atoms with E-state index in [2.05, 4.69) is 20.9 Å². The van der Waals surface area contributed by atoms with E-state index in [-0.39, 0.29) is 11.9 Å². The minimum Gasteiger partial charge on any atom is -0.477 e. The maximum atomic E-state index is 13.1. The Morgan fingerprint density at radius 1 is 1.31 bits per heavy atom. The van der Waals surface area contributed by atoms with Crippen LogP contribution in [0.4, 0.5) is 0 Å². The lowest BCUT2D eigenvalue weighted by molar-refractivity contribution is 0.0727. The van der Waals surface area contributed by atoms with Gasteiger partial charge in [0.2, 0.25) is 5.88 Å². The smallest absolute Gasteiger partial charge is 0.259 e. The molecule has 0 spiro atoms. The van der Waals surface area contributed by atoms with Crippen LogP contribution in [-0.4, -0.2) is 52.9 Å². The molecule has 0 bridgehead atoms. The van der Waals surface area contributed by atoms with Crippen molar-refractivity contribution in [3.05, 3.63) is 53.5 Å². The highest BCUT2D eigenvalue weighted by Crippen LogP contribution is 2.33. The summed E-state index contributed by atoms with van der Waals surface area (Å²) in [5.74, 6) is 0.364. The number of nitrogens with zero attached hydrogens (tertiary/aromatic N) is 4. The zero-order valence-electron chi connectivity index (χ0n) is 15.7. The van der Waals surface area contributed by atoms with Crippen molar-refractivity contribution in [2.24, 2.45) is 0 Å². The van der Waals surface area contributed by atoms with Gasteiger partial charge in [0.25, 0.3) is 5.91 Å². The summed E-state index contributed by atoms with van der Waals surface area (Å²) in [6, 6.07) is 7.70. The third kappa shape index (κ3) is 4.02. The SMILES string of the molecule is CCOc1ncccc1C(=O)N1CCCC1c1ccc(CN(C)C)cn1. The number of likely N-dealkylation sites (tertiary alicyclic amines) is 1. The monoisotopic (exact) mass is 354 g/mol. The molecule has 1 aliphatic rings.